The SMILES string of the molecule is CCCC1CCCCN1C1=NCCN1. The molecule has 3 heteroatoms. The smallest absolute Gasteiger partial charge is 0.194 e. The lowest BCUT2D eigenvalue weighted by Gasteiger charge is -2.37. The molecule has 0 spiro atoms. The molecule has 1 N–H and O–H groups in total. The summed E-state index contributed by atoms with van der Waals surface area (Å²) in [6, 6.07) is 0.748. The van der Waals surface area contributed by atoms with Crippen LogP contribution in [0.2, 0.25) is 0 Å². The fourth-order valence-electron chi connectivity index (χ4n) is 2.49. The first-order valence-corrected chi connectivity index (χ1v) is 5.97. The highest BCUT2D eigenvalue weighted by molar-refractivity contribution is 5.81. The number of hydrogen-bond donors (Lipinski definition) is 1. The van der Waals surface area contributed by atoms with Crippen LogP contribution >= 0.6 is 0 Å². The molecule has 2 aliphatic rings. The van der Waals surface area contributed by atoms with Crippen molar-refractivity contribution in [3.8, 4) is 0 Å². The number of nitrogens with one attached hydrogen (secondary N) is 1. The molecule has 0 aromatic carbocycles. The summed E-state index contributed by atoms with van der Waals surface area (Å²) in [5, 5.41) is 3.39. The lowest BCUT2D eigenvalue weighted by molar-refractivity contribution is 0.224. The van der Waals surface area contributed by atoms with Crippen LogP contribution in [0.25, 0.3) is 0 Å². The monoisotopic (exact) mass is 195 g/mol. The van der Waals surface area contributed by atoms with Crippen molar-refractivity contribution >= 4 is 5.96 Å². The van der Waals surface area contributed by atoms with Gasteiger partial charge in [-0.25, -0.2) is 0 Å². The van der Waals surface area contributed by atoms with Crippen LogP contribution in [0.1, 0.15) is 39.0 Å². The molecule has 0 aromatic rings. The second kappa shape index (κ2) is 4.67. The van der Waals surface area contributed by atoms with E-state index < -0.39 is 0 Å². The zero-order chi connectivity index (χ0) is 9.80. The fourth-order valence-corrected chi connectivity index (χ4v) is 2.49. The minimum atomic E-state index is 0.748. The second-order valence-electron chi connectivity index (χ2n) is 4.26. The molecular formula is C11H21N3. The molecule has 1 atom stereocenters. The summed E-state index contributed by atoms with van der Waals surface area (Å²) in [5.74, 6) is 1.17. The molecule has 0 radical (unpaired) electrons. The summed E-state index contributed by atoms with van der Waals surface area (Å²) in [4.78, 5) is 7.02. The van der Waals surface area contributed by atoms with E-state index in [0.717, 1.165) is 19.1 Å². The van der Waals surface area contributed by atoms with Crippen molar-refractivity contribution in [2.45, 2.75) is 45.1 Å². The third-order valence-corrected chi connectivity index (χ3v) is 3.18. The molecule has 0 aliphatic carbocycles. The Kier molecular flexibility index (Phi) is 3.27. The molecule has 80 valence electrons. The van der Waals surface area contributed by atoms with Crippen molar-refractivity contribution < 1.29 is 0 Å². The Morgan fingerprint density at radius 2 is 2.43 bits per heavy atom. The van der Waals surface area contributed by atoms with Gasteiger partial charge in [0, 0.05) is 19.1 Å². The van der Waals surface area contributed by atoms with Crippen molar-refractivity contribution in [1.82, 2.24) is 10.2 Å². The van der Waals surface area contributed by atoms with Gasteiger partial charge >= 0.3 is 0 Å². The Morgan fingerprint density at radius 3 is 3.14 bits per heavy atom. The van der Waals surface area contributed by atoms with Gasteiger partial charge in [-0.3, -0.25) is 4.99 Å². The predicted octanol–water partition coefficient (Wildman–Crippen LogP) is 1.60. The molecule has 1 fully saturated rings. The molecule has 0 aromatic heterocycles. The summed E-state index contributed by atoms with van der Waals surface area (Å²) >= 11 is 0. The Labute approximate surface area is 86.6 Å². The maximum Gasteiger partial charge on any atom is 0.194 e. The van der Waals surface area contributed by atoms with Gasteiger partial charge in [-0.05, 0) is 25.7 Å². The first kappa shape index (κ1) is 9.81. The lowest BCUT2D eigenvalue weighted by atomic mass is 9.99. The van der Waals surface area contributed by atoms with Gasteiger partial charge in [-0.15, -0.1) is 0 Å². The third-order valence-electron chi connectivity index (χ3n) is 3.18. The van der Waals surface area contributed by atoms with Gasteiger partial charge in [0.25, 0.3) is 0 Å². The fraction of sp³-hybridized carbons (Fsp3) is 0.909. The van der Waals surface area contributed by atoms with Crippen LogP contribution in [0.4, 0.5) is 0 Å². The zero-order valence-electron chi connectivity index (χ0n) is 9.13. The molecule has 1 unspecified atom stereocenters. The number of hydrogen-bond acceptors (Lipinski definition) is 3. The minimum Gasteiger partial charge on any atom is -0.354 e. The molecule has 0 saturated carbocycles. The van der Waals surface area contributed by atoms with Crippen LogP contribution in [0.3, 0.4) is 0 Å². The Morgan fingerprint density at radius 1 is 1.50 bits per heavy atom. The number of nitrogens with zero attached hydrogens (tertiary/aromatic N) is 2. The highest BCUT2D eigenvalue weighted by atomic mass is 15.3. The van der Waals surface area contributed by atoms with E-state index in [0.29, 0.717) is 0 Å². The van der Waals surface area contributed by atoms with E-state index >= 15 is 0 Å². The molecule has 0 bridgehead atoms. The predicted molar refractivity (Wildman–Crippen MR) is 59.6 cm³/mol. The van der Waals surface area contributed by atoms with Gasteiger partial charge in [0.1, 0.15) is 0 Å². The van der Waals surface area contributed by atoms with E-state index in [-0.39, 0.29) is 0 Å². The zero-order valence-corrected chi connectivity index (χ0v) is 9.13. The largest absolute Gasteiger partial charge is 0.354 e. The van der Waals surface area contributed by atoms with E-state index in [1.54, 1.807) is 0 Å². The van der Waals surface area contributed by atoms with Gasteiger partial charge in [-0.1, -0.05) is 13.3 Å². The van der Waals surface area contributed by atoms with Gasteiger partial charge in [-0.2, -0.15) is 0 Å². The minimum absolute atomic E-state index is 0.748. The van der Waals surface area contributed by atoms with Gasteiger partial charge in [0.15, 0.2) is 5.96 Å². The number of piperidine rings is 1. The van der Waals surface area contributed by atoms with Crippen LogP contribution in [0.5, 0.6) is 0 Å². The van der Waals surface area contributed by atoms with Crippen molar-refractivity contribution in [2.75, 3.05) is 19.6 Å². The lowest BCUT2D eigenvalue weighted by Crippen LogP contribution is -2.47. The summed E-state index contributed by atoms with van der Waals surface area (Å²) in [7, 11) is 0. The van der Waals surface area contributed by atoms with Crippen molar-refractivity contribution in [3.05, 3.63) is 0 Å². The van der Waals surface area contributed by atoms with E-state index in [2.05, 4.69) is 22.1 Å². The number of likely N-dealkylation sites (tertiary alicyclic amines) is 1. The Bertz CT molecular complexity index is 211. The van der Waals surface area contributed by atoms with Gasteiger partial charge < -0.3 is 10.2 Å². The van der Waals surface area contributed by atoms with E-state index in [9.17, 15) is 0 Å². The van der Waals surface area contributed by atoms with E-state index in [4.69, 9.17) is 0 Å². The first-order chi connectivity index (χ1) is 6.92. The van der Waals surface area contributed by atoms with Gasteiger partial charge in [0.05, 0.1) is 6.54 Å². The van der Waals surface area contributed by atoms with Crippen LogP contribution in [-0.4, -0.2) is 36.5 Å². The molecule has 2 aliphatic heterocycles. The van der Waals surface area contributed by atoms with Crippen molar-refractivity contribution in [3.63, 3.8) is 0 Å². The average molecular weight is 195 g/mol. The first-order valence-electron chi connectivity index (χ1n) is 5.97. The summed E-state index contributed by atoms with van der Waals surface area (Å²) in [6.45, 7) is 5.47. The topological polar surface area (TPSA) is 27.6 Å². The van der Waals surface area contributed by atoms with Crippen LogP contribution in [0.15, 0.2) is 4.99 Å². The van der Waals surface area contributed by atoms with Crippen molar-refractivity contribution in [2.24, 2.45) is 4.99 Å². The van der Waals surface area contributed by atoms with Crippen LogP contribution in [0, 0.1) is 0 Å². The van der Waals surface area contributed by atoms with E-state index in [1.165, 1.54) is 44.6 Å². The molecule has 2 heterocycles. The molecular weight excluding hydrogens is 174 g/mol. The highest BCUT2D eigenvalue weighted by Gasteiger charge is 2.25. The standard InChI is InChI=1S/C11H21N3/c1-2-5-10-6-3-4-9-14(10)11-12-7-8-13-11/h10H,2-9H2,1H3,(H,12,13). The maximum atomic E-state index is 4.52. The quantitative estimate of drug-likeness (QED) is 0.724. The summed E-state index contributed by atoms with van der Waals surface area (Å²) in [6.07, 6.45) is 6.69. The summed E-state index contributed by atoms with van der Waals surface area (Å²) in [5.41, 5.74) is 0. The molecule has 2 rings (SSSR count). The molecule has 14 heavy (non-hydrogen) atoms. The summed E-state index contributed by atoms with van der Waals surface area (Å²) < 4.78 is 0. The van der Waals surface area contributed by atoms with Crippen LogP contribution in [-0.2, 0) is 0 Å². The third kappa shape index (κ3) is 2.02. The molecule has 0 amide bonds. The average Bonchev–Trinajstić information content (AvgIpc) is 2.72. The maximum absolute atomic E-state index is 4.52. The molecule has 1 saturated heterocycles. The highest BCUT2D eigenvalue weighted by Crippen LogP contribution is 2.21. The number of rotatable bonds is 2. The molecule has 3 nitrogen and oxygen atoms in total. The normalized spacial score (nSPS) is 27.4. The Hall–Kier alpha value is -0.730. The Balaban J connectivity index is 1.98. The number of aliphatic imine (C=N–C) groups is 1. The number of guanidine groups is 1. The van der Waals surface area contributed by atoms with Crippen LogP contribution < -0.4 is 5.32 Å². The van der Waals surface area contributed by atoms with Crippen molar-refractivity contribution in [1.29, 1.82) is 0 Å². The van der Waals surface area contributed by atoms with E-state index in [1.807, 2.05) is 0 Å². The van der Waals surface area contributed by atoms with Gasteiger partial charge in [0.2, 0.25) is 0 Å². The second-order valence-corrected chi connectivity index (χ2v) is 4.26.